The van der Waals surface area contributed by atoms with E-state index in [1.54, 1.807) is 6.07 Å². The van der Waals surface area contributed by atoms with Crippen LogP contribution in [-0.2, 0) is 26.4 Å². The summed E-state index contributed by atoms with van der Waals surface area (Å²) in [5.41, 5.74) is -0.662. The summed E-state index contributed by atoms with van der Waals surface area (Å²) in [6.45, 7) is 0.302. The molecule has 0 bridgehead atoms. The van der Waals surface area contributed by atoms with Gasteiger partial charge in [0.2, 0.25) is 15.9 Å². The Kier molecular flexibility index (Phi) is 5.54. The molecule has 1 aromatic carbocycles. The van der Waals surface area contributed by atoms with Gasteiger partial charge in [0.1, 0.15) is 0 Å². The van der Waals surface area contributed by atoms with Crippen LogP contribution in [-0.4, -0.2) is 44.0 Å². The minimum atomic E-state index is -4.41. The van der Waals surface area contributed by atoms with Gasteiger partial charge in [-0.25, -0.2) is 8.42 Å². The van der Waals surface area contributed by atoms with Gasteiger partial charge >= 0.3 is 6.18 Å². The largest absolute Gasteiger partial charge is 0.416 e. The summed E-state index contributed by atoms with van der Waals surface area (Å²) in [7, 11) is -3.36. The van der Waals surface area contributed by atoms with Gasteiger partial charge in [0.05, 0.1) is 17.9 Å². The lowest BCUT2D eigenvalue weighted by Crippen LogP contribution is -2.44. The van der Waals surface area contributed by atoms with Crippen LogP contribution in [0.4, 0.5) is 13.2 Å². The van der Waals surface area contributed by atoms with Crippen LogP contribution >= 0.6 is 0 Å². The van der Waals surface area contributed by atoms with Gasteiger partial charge in [0.15, 0.2) is 0 Å². The van der Waals surface area contributed by atoms with E-state index in [9.17, 15) is 26.4 Å². The van der Waals surface area contributed by atoms with Crippen LogP contribution in [0, 0.1) is 0 Å². The molecule has 1 amide bonds. The molecule has 0 radical (unpaired) electrons. The van der Waals surface area contributed by atoms with Crippen molar-refractivity contribution in [3.63, 3.8) is 0 Å². The van der Waals surface area contributed by atoms with Gasteiger partial charge in [0, 0.05) is 18.5 Å². The fraction of sp³-hybridized carbons (Fsp3) is 0.611. The van der Waals surface area contributed by atoms with Gasteiger partial charge in [-0.3, -0.25) is 4.79 Å². The SMILES string of the molecule is O=C(CN1CCCS1(=O)=O)NCC1(c2cccc(C(F)(F)F)c2)CCCC1. The van der Waals surface area contributed by atoms with Crippen molar-refractivity contribution in [3.8, 4) is 0 Å². The number of sulfonamides is 1. The molecule has 150 valence electrons. The molecule has 0 aromatic heterocycles. The van der Waals surface area contributed by atoms with E-state index in [2.05, 4.69) is 5.32 Å². The third-order valence-corrected chi connectivity index (χ3v) is 7.41. The molecule has 1 N–H and O–H groups in total. The fourth-order valence-electron chi connectivity index (χ4n) is 4.00. The Morgan fingerprint density at radius 3 is 2.48 bits per heavy atom. The third kappa shape index (κ3) is 4.45. The quantitative estimate of drug-likeness (QED) is 0.821. The van der Waals surface area contributed by atoms with Crippen LogP contribution in [0.25, 0.3) is 0 Å². The first-order valence-electron chi connectivity index (χ1n) is 9.05. The summed E-state index contributed by atoms with van der Waals surface area (Å²) >= 11 is 0. The lowest BCUT2D eigenvalue weighted by Gasteiger charge is -2.31. The van der Waals surface area contributed by atoms with Gasteiger partial charge in [-0.2, -0.15) is 17.5 Å². The van der Waals surface area contributed by atoms with E-state index in [4.69, 9.17) is 0 Å². The first-order valence-corrected chi connectivity index (χ1v) is 10.7. The number of rotatable bonds is 5. The molecule has 3 rings (SSSR count). The maximum atomic E-state index is 13.1. The highest BCUT2D eigenvalue weighted by Gasteiger charge is 2.39. The standard InChI is InChI=1S/C18H23F3N2O3S/c19-18(20,21)15-6-3-5-14(11-15)17(7-1-2-8-17)13-22-16(24)12-23-9-4-10-27(23,25)26/h3,5-6,11H,1-2,4,7-10,12-13H2,(H,22,24). The van der Waals surface area contributed by atoms with Crippen molar-refractivity contribution in [2.24, 2.45) is 0 Å². The van der Waals surface area contributed by atoms with E-state index < -0.39 is 33.1 Å². The minimum absolute atomic E-state index is 0.0501. The summed E-state index contributed by atoms with van der Waals surface area (Å²) < 4.78 is 64.0. The van der Waals surface area contributed by atoms with Crippen LogP contribution in [0.15, 0.2) is 24.3 Å². The first kappa shape index (κ1) is 20.1. The molecule has 1 aliphatic heterocycles. The number of hydrogen-bond acceptors (Lipinski definition) is 3. The monoisotopic (exact) mass is 404 g/mol. The number of carbonyl (C=O) groups excluding carboxylic acids is 1. The molecule has 27 heavy (non-hydrogen) atoms. The summed E-state index contributed by atoms with van der Waals surface area (Å²) in [4.78, 5) is 12.2. The molecule has 5 nitrogen and oxygen atoms in total. The summed E-state index contributed by atoms with van der Waals surface area (Å²) in [5, 5.41) is 2.76. The van der Waals surface area contributed by atoms with Crippen LogP contribution in [0.3, 0.4) is 0 Å². The Hall–Kier alpha value is -1.61. The molecule has 9 heteroatoms. The Bertz CT molecular complexity index is 802. The van der Waals surface area contributed by atoms with Crippen molar-refractivity contribution in [1.82, 2.24) is 9.62 Å². The number of nitrogens with one attached hydrogen (secondary N) is 1. The van der Waals surface area contributed by atoms with E-state index in [1.165, 1.54) is 12.1 Å². The zero-order valence-corrected chi connectivity index (χ0v) is 15.7. The third-order valence-electron chi connectivity index (χ3n) is 5.51. The highest BCUT2D eigenvalue weighted by atomic mass is 32.2. The molecule has 1 aliphatic carbocycles. The highest BCUT2D eigenvalue weighted by molar-refractivity contribution is 7.89. The van der Waals surface area contributed by atoms with E-state index in [0.29, 0.717) is 31.4 Å². The molecule has 0 atom stereocenters. The maximum absolute atomic E-state index is 13.1. The zero-order valence-electron chi connectivity index (χ0n) is 14.9. The van der Waals surface area contributed by atoms with E-state index >= 15 is 0 Å². The van der Waals surface area contributed by atoms with Crippen LogP contribution in [0.2, 0.25) is 0 Å². The lowest BCUT2D eigenvalue weighted by atomic mass is 9.78. The summed E-state index contributed by atoms with van der Waals surface area (Å²) in [6.07, 6.45) is -0.764. The molecular formula is C18H23F3N2O3S. The Labute approximate surface area is 157 Å². The molecule has 1 saturated heterocycles. The van der Waals surface area contributed by atoms with Crippen molar-refractivity contribution in [1.29, 1.82) is 0 Å². The zero-order chi connectivity index (χ0) is 19.7. The van der Waals surface area contributed by atoms with E-state index in [0.717, 1.165) is 23.2 Å². The summed E-state index contributed by atoms with van der Waals surface area (Å²) in [6, 6.07) is 5.29. The average Bonchev–Trinajstić information content (AvgIpc) is 3.20. The number of halogens is 3. The van der Waals surface area contributed by atoms with Crippen molar-refractivity contribution < 1.29 is 26.4 Å². The lowest BCUT2D eigenvalue weighted by molar-refractivity contribution is -0.137. The average molecular weight is 404 g/mol. The van der Waals surface area contributed by atoms with E-state index in [1.807, 2.05) is 0 Å². The first-order chi connectivity index (χ1) is 12.6. The van der Waals surface area contributed by atoms with Crippen molar-refractivity contribution >= 4 is 15.9 Å². The van der Waals surface area contributed by atoms with Gasteiger partial charge in [-0.05, 0) is 30.9 Å². The second-order valence-corrected chi connectivity index (χ2v) is 9.43. The highest BCUT2D eigenvalue weighted by Crippen LogP contribution is 2.42. The van der Waals surface area contributed by atoms with Gasteiger partial charge in [-0.1, -0.05) is 31.0 Å². The number of amides is 1. The van der Waals surface area contributed by atoms with Gasteiger partial charge < -0.3 is 5.32 Å². The second-order valence-electron chi connectivity index (χ2n) is 7.35. The molecule has 0 unspecified atom stereocenters. The van der Waals surface area contributed by atoms with Crippen LogP contribution in [0.1, 0.15) is 43.2 Å². The normalized spacial score (nSPS) is 22.0. The van der Waals surface area contributed by atoms with E-state index in [-0.39, 0.29) is 18.8 Å². The fourth-order valence-corrected chi connectivity index (χ4v) is 5.47. The molecular weight excluding hydrogens is 381 g/mol. The number of alkyl halides is 3. The molecule has 1 saturated carbocycles. The van der Waals surface area contributed by atoms with Crippen LogP contribution in [0.5, 0.6) is 0 Å². The number of benzene rings is 1. The predicted molar refractivity (Wildman–Crippen MR) is 94.6 cm³/mol. The van der Waals surface area contributed by atoms with Crippen molar-refractivity contribution in [2.45, 2.75) is 43.7 Å². The van der Waals surface area contributed by atoms with Crippen molar-refractivity contribution in [2.75, 3.05) is 25.4 Å². The van der Waals surface area contributed by atoms with Crippen molar-refractivity contribution in [3.05, 3.63) is 35.4 Å². The minimum Gasteiger partial charge on any atom is -0.354 e. The van der Waals surface area contributed by atoms with Gasteiger partial charge in [0.25, 0.3) is 0 Å². The predicted octanol–water partition coefficient (Wildman–Crippen LogP) is 2.67. The molecule has 1 aromatic rings. The second kappa shape index (κ2) is 7.43. The number of hydrogen-bond donors (Lipinski definition) is 1. The Morgan fingerprint density at radius 2 is 1.89 bits per heavy atom. The molecule has 2 aliphatic rings. The number of carbonyl (C=O) groups is 1. The topological polar surface area (TPSA) is 66.5 Å². The molecule has 1 heterocycles. The van der Waals surface area contributed by atoms with Crippen LogP contribution < -0.4 is 5.32 Å². The number of nitrogens with zero attached hydrogens (tertiary/aromatic N) is 1. The summed E-state index contributed by atoms with van der Waals surface area (Å²) in [5.74, 6) is -0.368. The smallest absolute Gasteiger partial charge is 0.354 e. The Balaban J connectivity index is 1.71. The maximum Gasteiger partial charge on any atom is 0.416 e. The Morgan fingerprint density at radius 1 is 1.19 bits per heavy atom. The molecule has 0 spiro atoms. The van der Waals surface area contributed by atoms with Gasteiger partial charge in [-0.15, -0.1) is 0 Å². The molecule has 2 fully saturated rings.